The third-order valence-corrected chi connectivity index (χ3v) is 5.21. The molecule has 2 aromatic rings. The molecule has 3 rings (SSSR count). The molecule has 28 heavy (non-hydrogen) atoms. The standard InChI is InChI=1S/C23H29N3O2/c1-2-25(21-12-7-4-8-13-21)15-9-14-24-23(28)20-16-22(27)26(18-20)17-19-10-5-3-6-11-19/h3-8,10-13,20H,2,9,14-18H2,1H3,(H,24,28). The Morgan fingerprint density at radius 1 is 1.11 bits per heavy atom. The second-order valence-corrected chi connectivity index (χ2v) is 7.22. The van der Waals surface area contributed by atoms with E-state index in [0.717, 1.165) is 25.1 Å². The van der Waals surface area contributed by atoms with Crippen LogP contribution >= 0.6 is 0 Å². The minimum atomic E-state index is -0.243. The highest BCUT2D eigenvalue weighted by Crippen LogP contribution is 2.20. The number of carbonyl (C=O) groups excluding carboxylic acids is 2. The first-order valence-electron chi connectivity index (χ1n) is 10.1. The summed E-state index contributed by atoms with van der Waals surface area (Å²) in [5, 5.41) is 3.02. The van der Waals surface area contributed by atoms with Gasteiger partial charge in [0.05, 0.1) is 5.92 Å². The van der Waals surface area contributed by atoms with E-state index in [1.165, 1.54) is 5.69 Å². The summed E-state index contributed by atoms with van der Waals surface area (Å²) in [5.41, 5.74) is 2.30. The number of nitrogens with zero attached hydrogens (tertiary/aromatic N) is 2. The van der Waals surface area contributed by atoms with E-state index in [1.54, 1.807) is 4.90 Å². The van der Waals surface area contributed by atoms with Crippen LogP contribution in [-0.2, 0) is 16.1 Å². The lowest BCUT2D eigenvalue weighted by Crippen LogP contribution is -2.35. The average Bonchev–Trinajstić information content (AvgIpc) is 3.10. The SMILES string of the molecule is CCN(CCCNC(=O)C1CC(=O)N(Cc2ccccc2)C1)c1ccccc1. The fourth-order valence-electron chi connectivity index (χ4n) is 3.64. The van der Waals surface area contributed by atoms with E-state index in [2.05, 4.69) is 29.3 Å². The van der Waals surface area contributed by atoms with Gasteiger partial charge in [-0.25, -0.2) is 0 Å². The maximum Gasteiger partial charge on any atom is 0.225 e. The molecule has 1 unspecified atom stereocenters. The van der Waals surface area contributed by atoms with E-state index in [9.17, 15) is 9.59 Å². The fourth-order valence-corrected chi connectivity index (χ4v) is 3.64. The zero-order valence-electron chi connectivity index (χ0n) is 16.5. The van der Waals surface area contributed by atoms with Gasteiger partial charge in [-0.1, -0.05) is 48.5 Å². The first-order chi connectivity index (χ1) is 13.7. The molecule has 0 radical (unpaired) electrons. The van der Waals surface area contributed by atoms with Crippen LogP contribution in [0.5, 0.6) is 0 Å². The Morgan fingerprint density at radius 2 is 1.79 bits per heavy atom. The number of benzene rings is 2. The van der Waals surface area contributed by atoms with Gasteiger partial charge in [-0.3, -0.25) is 9.59 Å². The van der Waals surface area contributed by atoms with E-state index < -0.39 is 0 Å². The van der Waals surface area contributed by atoms with E-state index in [-0.39, 0.29) is 17.7 Å². The normalized spacial score (nSPS) is 16.2. The first-order valence-corrected chi connectivity index (χ1v) is 10.1. The molecule has 1 aliphatic heterocycles. The number of hydrogen-bond acceptors (Lipinski definition) is 3. The zero-order valence-corrected chi connectivity index (χ0v) is 16.5. The van der Waals surface area contributed by atoms with E-state index in [1.807, 2.05) is 48.5 Å². The van der Waals surface area contributed by atoms with E-state index in [4.69, 9.17) is 0 Å². The Morgan fingerprint density at radius 3 is 2.46 bits per heavy atom. The largest absolute Gasteiger partial charge is 0.372 e. The van der Waals surface area contributed by atoms with Gasteiger partial charge in [0.2, 0.25) is 11.8 Å². The molecule has 5 heteroatoms. The smallest absolute Gasteiger partial charge is 0.225 e. The highest BCUT2D eigenvalue weighted by molar-refractivity contribution is 5.89. The third kappa shape index (κ3) is 5.35. The topological polar surface area (TPSA) is 52.7 Å². The van der Waals surface area contributed by atoms with Crippen LogP contribution < -0.4 is 10.2 Å². The molecule has 1 saturated heterocycles. The Balaban J connectivity index is 1.41. The lowest BCUT2D eigenvalue weighted by atomic mass is 10.1. The molecule has 148 valence electrons. The van der Waals surface area contributed by atoms with Crippen LogP contribution in [0.3, 0.4) is 0 Å². The average molecular weight is 380 g/mol. The fraction of sp³-hybridized carbons (Fsp3) is 0.391. The van der Waals surface area contributed by atoms with E-state index in [0.29, 0.717) is 26.1 Å². The summed E-state index contributed by atoms with van der Waals surface area (Å²) in [6, 6.07) is 20.2. The number of rotatable bonds is 9. The first kappa shape index (κ1) is 19.9. The Labute approximate surface area is 167 Å². The predicted molar refractivity (Wildman–Crippen MR) is 112 cm³/mol. The van der Waals surface area contributed by atoms with Crippen LogP contribution in [0.2, 0.25) is 0 Å². The maximum atomic E-state index is 12.5. The Bertz CT molecular complexity index is 764. The van der Waals surface area contributed by atoms with Crippen molar-refractivity contribution in [2.45, 2.75) is 26.3 Å². The van der Waals surface area contributed by atoms with Gasteiger partial charge in [0.1, 0.15) is 0 Å². The predicted octanol–water partition coefficient (Wildman–Crippen LogP) is 3.07. The lowest BCUT2D eigenvalue weighted by molar-refractivity contribution is -0.129. The summed E-state index contributed by atoms with van der Waals surface area (Å²) in [5.74, 6) is -0.190. The van der Waals surface area contributed by atoms with Crippen molar-refractivity contribution in [1.29, 1.82) is 0 Å². The molecule has 5 nitrogen and oxygen atoms in total. The van der Waals surface area contributed by atoms with Crippen molar-refractivity contribution < 1.29 is 9.59 Å². The molecule has 1 N–H and O–H groups in total. The summed E-state index contributed by atoms with van der Waals surface area (Å²) in [4.78, 5) is 28.8. The second kappa shape index (κ2) is 9.93. The number of carbonyl (C=O) groups is 2. The molecule has 1 atom stereocenters. The van der Waals surface area contributed by atoms with Crippen LogP contribution in [0.15, 0.2) is 60.7 Å². The van der Waals surface area contributed by atoms with Crippen LogP contribution in [-0.4, -0.2) is 42.9 Å². The zero-order chi connectivity index (χ0) is 19.8. The van der Waals surface area contributed by atoms with Gasteiger partial charge < -0.3 is 15.1 Å². The van der Waals surface area contributed by atoms with Crippen molar-refractivity contribution in [2.24, 2.45) is 5.92 Å². The molecular formula is C23H29N3O2. The van der Waals surface area contributed by atoms with Crippen LogP contribution in [0.1, 0.15) is 25.3 Å². The number of nitrogens with one attached hydrogen (secondary N) is 1. The lowest BCUT2D eigenvalue weighted by Gasteiger charge is -2.23. The second-order valence-electron chi connectivity index (χ2n) is 7.22. The van der Waals surface area contributed by atoms with Crippen LogP contribution in [0.25, 0.3) is 0 Å². The van der Waals surface area contributed by atoms with E-state index >= 15 is 0 Å². The van der Waals surface area contributed by atoms with Gasteiger partial charge in [0.15, 0.2) is 0 Å². The summed E-state index contributed by atoms with van der Waals surface area (Å²) in [7, 11) is 0. The molecule has 0 spiro atoms. The summed E-state index contributed by atoms with van der Waals surface area (Å²) >= 11 is 0. The number of para-hydroxylation sites is 1. The minimum absolute atomic E-state index is 0.00771. The monoisotopic (exact) mass is 379 g/mol. The Kier molecular flexibility index (Phi) is 7.06. The molecule has 0 aliphatic carbocycles. The number of likely N-dealkylation sites (tertiary alicyclic amines) is 1. The van der Waals surface area contributed by atoms with Crippen LogP contribution in [0.4, 0.5) is 5.69 Å². The maximum absolute atomic E-state index is 12.5. The van der Waals surface area contributed by atoms with Crippen molar-refractivity contribution in [3.63, 3.8) is 0 Å². The summed E-state index contributed by atoms with van der Waals surface area (Å²) in [6.07, 6.45) is 1.19. The van der Waals surface area contributed by atoms with Crippen molar-refractivity contribution >= 4 is 17.5 Å². The van der Waals surface area contributed by atoms with Crippen molar-refractivity contribution in [2.75, 3.05) is 31.1 Å². The van der Waals surface area contributed by atoms with Gasteiger partial charge in [-0.2, -0.15) is 0 Å². The molecule has 0 aromatic heterocycles. The third-order valence-electron chi connectivity index (χ3n) is 5.21. The minimum Gasteiger partial charge on any atom is -0.372 e. The molecule has 1 aliphatic rings. The van der Waals surface area contributed by atoms with Gasteiger partial charge in [0, 0.05) is 44.8 Å². The number of anilines is 1. The Hall–Kier alpha value is -2.82. The quantitative estimate of drug-likeness (QED) is 0.681. The summed E-state index contributed by atoms with van der Waals surface area (Å²) < 4.78 is 0. The van der Waals surface area contributed by atoms with Crippen LogP contribution in [0, 0.1) is 5.92 Å². The molecule has 2 amide bonds. The van der Waals surface area contributed by atoms with Gasteiger partial charge in [0.25, 0.3) is 0 Å². The molecule has 1 fully saturated rings. The molecule has 2 aromatic carbocycles. The van der Waals surface area contributed by atoms with Gasteiger partial charge in [-0.15, -0.1) is 0 Å². The number of hydrogen-bond donors (Lipinski definition) is 1. The van der Waals surface area contributed by atoms with Crippen molar-refractivity contribution in [1.82, 2.24) is 10.2 Å². The van der Waals surface area contributed by atoms with Crippen molar-refractivity contribution in [3.05, 3.63) is 66.2 Å². The van der Waals surface area contributed by atoms with Gasteiger partial charge in [-0.05, 0) is 31.0 Å². The molecular weight excluding hydrogens is 350 g/mol. The number of amides is 2. The van der Waals surface area contributed by atoms with Gasteiger partial charge >= 0.3 is 0 Å². The highest BCUT2D eigenvalue weighted by atomic mass is 16.2. The van der Waals surface area contributed by atoms with Crippen molar-refractivity contribution in [3.8, 4) is 0 Å². The highest BCUT2D eigenvalue weighted by Gasteiger charge is 2.33. The molecule has 0 bridgehead atoms. The molecule has 1 heterocycles. The summed E-state index contributed by atoms with van der Waals surface area (Å²) in [6.45, 7) is 5.67. The molecule has 0 saturated carbocycles.